The molecule has 0 fully saturated rings. The predicted octanol–water partition coefficient (Wildman–Crippen LogP) is 3.43. The first kappa shape index (κ1) is 11.6. The Bertz CT molecular complexity index is 270. The van der Waals surface area contributed by atoms with Crippen LogP contribution in [-0.2, 0) is 4.79 Å². The van der Waals surface area contributed by atoms with Gasteiger partial charge in [0.15, 0.2) is 0 Å². The van der Waals surface area contributed by atoms with Gasteiger partial charge in [0, 0.05) is 5.57 Å². The van der Waals surface area contributed by atoms with Crippen LogP contribution in [0.3, 0.4) is 0 Å². The second-order valence-electron chi connectivity index (χ2n) is 4.05. The maximum atomic E-state index is 11.4. The molecule has 1 heterocycles. The summed E-state index contributed by atoms with van der Waals surface area (Å²) < 4.78 is -0.351. The minimum absolute atomic E-state index is 0.0292. The lowest BCUT2D eigenvalue weighted by Crippen LogP contribution is -2.20. The maximum Gasteiger partial charge on any atom is 0.219 e. The van der Waals surface area contributed by atoms with E-state index in [1.54, 1.807) is 6.92 Å². The molecule has 1 atom stereocenters. The highest BCUT2D eigenvalue weighted by molar-refractivity contribution is 8.15. The Morgan fingerprint density at radius 2 is 2.07 bits per heavy atom. The number of carbonyl (C=O) groups is 1. The zero-order chi connectivity index (χ0) is 10.8. The van der Waals surface area contributed by atoms with Gasteiger partial charge in [0.05, 0.1) is 4.75 Å². The average Bonchev–Trinajstić information content (AvgIpc) is 2.32. The first-order valence-corrected chi connectivity index (χ1v) is 5.96. The van der Waals surface area contributed by atoms with Crippen LogP contribution in [0.15, 0.2) is 11.3 Å². The molecule has 0 saturated heterocycles. The molecular formula is C11H18O2S. The van der Waals surface area contributed by atoms with Crippen LogP contribution < -0.4 is 0 Å². The highest BCUT2D eigenvalue weighted by atomic mass is 32.2. The Hall–Kier alpha value is -0.440. The van der Waals surface area contributed by atoms with Gasteiger partial charge in [-0.3, -0.25) is 4.79 Å². The lowest BCUT2D eigenvalue weighted by molar-refractivity contribution is -0.107. The van der Waals surface area contributed by atoms with Crippen molar-refractivity contribution in [3.05, 3.63) is 11.3 Å². The molecule has 0 saturated carbocycles. The highest BCUT2D eigenvalue weighted by Crippen LogP contribution is 2.45. The van der Waals surface area contributed by atoms with Gasteiger partial charge in [-0.05, 0) is 20.3 Å². The third kappa shape index (κ3) is 2.14. The number of aliphatic hydroxyl groups excluding tert-OH is 1. The van der Waals surface area contributed by atoms with Gasteiger partial charge in [-0.1, -0.05) is 37.9 Å². The van der Waals surface area contributed by atoms with Crippen molar-refractivity contribution in [3.63, 3.8) is 0 Å². The molecule has 14 heavy (non-hydrogen) atoms. The monoisotopic (exact) mass is 214 g/mol. The lowest BCUT2D eigenvalue weighted by Gasteiger charge is -2.22. The van der Waals surface area contributed by atoms with Gasteiger partial charge in [-0.15, -0.1) is 0 Å². The molecule has 0 amide bonds. The van der Waals surface area contributed by atoms with E-state index in [1.807, 2.05) is 6.92 Å². The Labute approximate surface area is 89.8 Å². The normalized spacial score (nSPS) is 27.5. The minimum Gasteiger partial charge on any atom is -0.510 e. The summed E-state index contributed by atoms with van der Waals surface area (Å²) in [5, 5.41) is 9.85. The minimum atomic E-state index is -0.351. The fourth-order valence-electron chi connectivity index (χ4n) is 1.70. The standard InChI is InChI=1S/C11H18O2S/c1-4-5-6-7-11(3)9(12)8(2)10(13)14-11/h12H,4-7H2,1-3H3. The lowest BCUT2D eigenvalue weighted by atomic mass is 9.98. The van der Waals surface area contributed by atoms with E-state index in [1.165, 1.54) is 11.8 Å². The number of rotatable bonds is 4. The summed E-state index contributed by atoms with van der Waals surface area (Å²) in [5.74, 6) is 0.295. The summed E-state index contributed by atoms with van der Waals surface area (Å²) in [6.45, 7) is 5.81. The van der Waals surface area contributed by atoms with Gasteiger partial charge < -0.3 is 5.11 Å². The van der Waals surface area contributed by atoms with Crippen LogP contribution in [0.1, 0.15) is 46.5 Å². The van der Waals surface area contributed by atoms with E-state index in [0.29, 0.717) is 11.3 Å². The average molecular weight is 214 g/mol. The van der Waals surface area contributed by atoms with Crippen molar-refractivity contribution in [2.75, 3.05) is 0 Å². The van der Waals surface area contributed by atoms with Gasteiger partial charge in [-0.2, -0.15) is 0 Å². The number of hydrogen-bond acceptors (Lipinski definition) is 3. The molecule has 80 valence electrons. The van der Waals surface area contributed by atoms with Gasteiger partial charge in [0.2, 0.25) is 5.12 Å². The zero-order valence-electron chi connectivity index (χ0n) is 9.09. The Balaban J connectivity index is 2.63. The molecule has 1 aliphatic rings. The molecule has 1 unspecified atom stereocenters. The van der Waals surface area contributed by atoms with Crippen LogP contribution in [0.2, 0.25) is 0 Å². The highest BCUT2D eigenvalue weighted by Gasteiger charge is 2.40. The second kappa shape index (κ2) is 4.39. The van der Waals surface area contributed by atoms with Crippen LogP contribution in [0.25, 0.3) is 0 Å². The Morgan fingerprint density at radius 3 is 2.50 bits per heavy atom. The number of aliphatic hydroxyl groups is 1. The van der Waals surface area contributed by atoms with E-state index in [9.17, 15) is 9.90 Å². The molecular weight excluding hydrogens is 196 g/mol. The first-order valence-electron chi connectivity index (χ1n) is 5.15. The van der Waals surface area contributed by atoms with Gasteiger partial charge >= 0.3 is 0 Å². The first-order chi connectivity index (χ1) is 6.51. The van der Waals surface area contributed by atoms with Crippen LogP contribution >= 0.6 is 11.8 Å². The third-order valence-corrected chi connectivity index (χ3v) is 4.08. The van der Waals surface area contributed by atoms with Crippen LogP contribution in [0.5, 0.6) is 0 Å². The maximum absolute atomic E-state index is 11.4. The van der Waals surface area contributed by atoms with E-state index in [-0.39, 0.29) is 9.86 Å². The molecule has 0 aromatic rings. The van der Waals surface area contributed by atoms with Crippen molar-refractivity contribution in [1.29, 1.82) is 0 Å². The van der Waals surface area contributed by atoms with Crippen molar-refractivity contribution in [2.45, 2.75) is 51.2 Å². The van der Waals surface area contributed by atoms with E-state index < -0.39 is 0 Å². The molecule has 3 heteroatoms. The van der Waals surface area contributed by atoms with Gasteiger partial charge in [0.25, 0.3) is 0 Å². The summed E-state index contributed by atoms with van der Waals surface area (Å²) in [7, 11) is 0. The molecule has 0 aromatic carbocycles. The zero-order valence-corrected chi connectivity index (χ0v) is 9.91. The number of hydrogen-bond donors (Lipinski definition) is 1. The summed E-state index contributed by atoms with van der Waals surface area (Å²) in [6.07, 6.45) is 4.29. The SMILES string of the molecule is CCCCCC1(C)SC(=O)C(C)=C1O. The molecule has 1 N–H and O–H groups in total. The summed E-state index contributed by atoms with van der Waals surface area (Å²) >= 11 is 1.27. The van der Waals surface area contributed by atoms with Gasteiger partial charge in [-0.25, -0.2) is 0 Å². The molecule has 2 nitrogen and oxygen atoms in total. The van der Waals surface area contributed by atoms with E-state index in [4.69, 9.17) is 0 Å². The van der Waals surface area contributed by atoms with Crippen molar-refractivity contribution in [2.24, 2.45) is 0 Å². The predicted molar refractivity (Wildman–Crippen MR) is 60.5 cm³/mol. The number of thioether (sulfide) groups is 1. The number of unbranched alkanes of at least 4 members (excludes halogenated alkanes) is 2. The van der Waals surface area contributed by atoms with Crippen molar-refractivity contribution in [1.82, 2.24) is 0 Å². The van der Waals surface area contributed by atoms with Crippen LogP contribution in [0.4, 0.5) is 0 Å². The second-order valence-corrected chi connectivity index (χ2v) is 5.53. The molecule has 1 aliphatic heterocycles. The Kier molecular flexibility index (Phi) is 3.65. The van der Waals surface area contributed by atoms with Crippen LogP contribution in [-0.4, -0.2) is 15.0 Å². The summed E-state index contributed by atoms with van der Waals surface area (Å²) in [5.41, 5.74) is 0.536. The molecule has 0 bridgehead atoms. The topological polar surface area (TPSA) is 37.3 Å². The summed E-state index contributed by atoms with van der Waals surface area (Å²) in [4.78, 5) is 11.4. The third-order valence-electron chi connectivity index (χ3n) is 2.74. The van der Waals surface area contributed by atoms with E-state index >= 15 is 0 Å². The quantitative estimate of drug-likeness (QED) is 0.728. The van der Waals surface area contributed by atoms with E-state index in [0.717, 1.165) is 25.7 Å². The molecule has 0 aromatic heterocycles. The van der Waals surface area contributed by atoms with Crippen molar-refractivity contribution < 1.29 is 9.90 Å². The van der Waals surface area contributed by atoms with Crippen molar-refractivity contribution >= 4 is 16.9 Å². The van der Waals surface area contributed by atoms with Crippen LogP contribution in [0, 0.1) is 0 Å². The number of carbonyl (C=O) groups excluding carboxylic acids is 1. The largest absolute Gasteiger partial charge is 0.510 e. The summed E-state index contributed by atoms with van der Waals surface area (Å²) in [6, 6.07) is 0. The molecule has 0 spiro atoms. The molecule has 1 rings (SSSR count). The molecule has 0 aliphatic carbocycles. The van der Waals surface area contributed by atoms with Crippen molar-refractivity contribution in [3.8, 4) is 0 Å². The fourth-order valence-corrected chi connectivity index (χ4v) is 2.86. The van der Waals surface area contributed by atoms with E-state index in [2.05, 4.69) is 6.92 Å². The van der Waals surface area contributed by atoms with Gasteiger partial charge in [0.1, 0.15) is 5.76 Å². The smallest absolute Gasteiger partial charge is 0.219 e. The Morgan fingerprint density at radius 1 is 1.43 bits per heavy atom. The fraction of sp³-hybridized carbons (Fsp3) is 0.727. The molecule has 0 radical (unpaired) electrons.